The van der Waals surface area contributed by atoms with Crippen LogP contribution in [0.1, 0.15) is 73.6 Å². The van der Waals surface area contributed by atoms with Crippen LogP contribution in [0, 0.1) is 40.4 Å². The lowest BCUT2D eigenvalue weighted by atomic mass is 9.46. The molecule has 0 heterocycles. The molecule has 3 saturated carbocycles. The highest BCUT2D eigenvalue weighted by Crippen LogP contribution is 2.67. The lowest BCUT2D eigenvalue weighted by molar-refractivity contribution is -0.0382. The van der Waals surface area contributed by atoms with Crippen molar-refractivity contribution in [3.8, 4) is 0 Å². The van der Waals surface area contributed by atoms with Crippen LogP contribution >= 0.6 is 0 Å². The average molecular weight is 351 g/mol. The van der Waals surface area contributed by atoms with Crippen LogP contribution in [0.25, 0.3) is 0 Å². The highest BCUT2D eigenvalue weighted by Gasteiger charge is 2.58. The summed E-state index contributed by atoms with van der Waals surface area (Å²) in [7, 11) is 0. The molecule has 0 aromatic carbocycles. The number of hydrogen-bond acceptors (Lipinski definition) is 0. The van der Waals surface area contributed by atoms with E-state index >= 15 is 0 Å². The zero-order valence-corrected chi connectivity index (χ0v) is 17.1. The summed E-state index contributed by atoms with van der Waals surface area (Å²) in [5.41, 5.74) is 5.93. The highest BCUT2D eigenvalue weighted by molar-refractivity contribution is 5.39. The molecule has 0 aliphatic heterocycles. The van der Waals surface area contributed by atoms with Crippen LogP contribution in [0.15, 0.2) is 47.6 Å². The third-order valence-corrected chi connectivity index (χ3v) is 9.75. The van der Waals surface area contributed by atoms with Crippen molar-refractivity contribution < 1.29 is 1.43 Å². The topological polar surface area (TPSA) is 0 Å². The molecule has 0 N–H and O–H groups in total. The monoisotopic (exact) mass is 350 g/mol. The number of rotatable bonds is 2. The van der Waals surface area contributed by atoms with Gasteiger partial charge in [0.15, 0.2) is 0 Å². The van der Waals surface area contributed by atoms with Crippen LogP contribution in [-0.4, -0.2) is 0 Å². The molecular formula is C26H38. The van der Waals surface area contributed by atoms with Gasteiger partial charge in [0.05, 0.1) is 0 Å². The van der Waals surface area contributed by atoms with Crippen LogP contribution < -0.4 is 0 Å². The minimum absolute atomic E-state index is 0. The van der Waals surface area contributed by atoms with E-state index in [2.05, 4.69) is 51.7 Å². The molecule has 5 aliphatic carbocycles. The number of allylic oxidation sites excluding steroid dienone is 7. The second-order valence-corrected chi connectivity index (χ2v) is 10.7. The van der Waals surface area contributed by atoms with E-state index in [0.717, 1.165) is 29.6 Å². The quantitative estimate of drug-likeness (QED) is 0.452. The maximum atomic E-state index is 4.37. The fourth-order valence-electron chi connectivity index (χ4n) is 8.23. The van der Waals surface area contributed by atoms with Gasteiger partial charge in [-0.3, -0.25) is 0 Å². The first-order valence-electron chi connectivity index (χ1n) is 11.2. The number of fused-ring (bicyclic) bond motifs is 5. The molecule has 142 valence electrons. The maximum absolute atomic E-state index is 4.37. The molecule has 0 aromatic heterocycles. The zero-order valence-electron chi connectivity index (χ0n) is 17.1. The molecule has 0 bridgehead atoms. The Morgan fingerprint density at radius 3 is 2.62 bits per heavy atom. The van der Waals surface area contributed by atoms with Crippen LogP contribution in [0.3, 0.4) is 0 Å². The van der Waals surface area contributed by atoms with E-state index in [1.54, 1.807) is 5.57 Å². The molecule has 3 fully saturated rings. The Bertz CT molecular complexity index is 724. The first-order chi connectivity index (χ1) is 12.4. The van der Waals surface area contributed by atoms with E-state index in [4.69, 9.17) is 0 Å². The molecule has 7 atom stereocenters. The zero-order chi connectivity index (χ0) is 18.1. The molecular weight excluding hydrogens is 312 g/mol. The molecule has 0 nitrogen and oxygen atoms in total. The molecule has 0 heteroatoms. The van der Waals surface area contributed by atoms with E-state index in [1.165, 1.54) is 56.9 Å². The van der Waals surface area contributed by atoms with Crippen molar-refractivity contribution in [2.45, 2.75) is 72.1 Å². The third kappa shape index (κ3) is 2.20. The van der Waals surface area contributed by atoms with Crippen molar-refractivity contribution in [3.05, 3.63) is 47.6 Å². The minimum Gasteiger partial charge on any atom is -0.0998 e. The third-order valence-electron chi connectivity index (χ3n) is 9.75. The lowest BCUT2D eigenvalue weighted by Crippen LogP contribution is -2.50. The largest absolute Gasteiger partial charge is 0.0998 e. The van der Waals surface area contributed by atoms with Gasteiger partial charge in [0, 0.05) is 1.43 Å². The van der Waals surface area contributed by atoms with Crippen molar-refractivity contribution in [1.82, 2.24) is 0 Å². The summed E-state index contributed by atoms with van der Waals surface area (Å²) in [6.07, 6.45) is 20.9. The minimum atomic E-state index is 0. The molecule has 0 amide bonds. The van der Waals surface area contributed by atoms with Crippen LogP contribution in [0.2, 0.25) is 0 Å². The fourth-order valence-corrected chi connectivity index (χ4v) is 8.23. The van der Waals surface area contributed by atoms with Gasteiger partial charge in [-0.1, -0.05) is 55.9 Å². The first kappa shape index (κ1) is 17.1. The molecule has 0 saturated heterocycles. The Morgan fingerprint density at radius 1 is 1.12 bits per heavy atom. The van der Waals surface area contributed by atoms with E-state index in [9.17, 15) is 0 Å². The van der Waals surface area contributed by atoms with Gasteiger partial charge in [0.1, 0.15) is 0 Å². The lowest BCUT2D eigenvalue weighted by Gasteiger charge is -2.58. The van der Waals surface area contributed by atoms with Gasteiger partial charge in [-0.2, -0.15) is 0 Å². The van der Waals surface area contributed by atoms with Crippen molar-refractivity contribution in [2.75, 3.05) is 0 Å². The maximum Gasteiger partial charge on any atom is 0 e. The Labute approximate surface area is 162 Å². The second kappa shape index (κ2) is 5.73. The molecule has 0 radical (unpaired) electrons. The second-order valence-electron chi connectivity index (χ2n) is 10.7. The summed E-state index contributed by atoms with van der Waals surface area (Å²) >= 11 is 0. The van der Waals surface area contributed by atoms with Crippen molar-refractivity contribution in [3.63, 3.8) is 0 Å². The molecule has 26 heavy (non-hydrogen) atoms. The van der Waals surface area contributed by atoms with E-state index in [-0.39, 0.29) is 1.43 Å². The molecule has 5 aliphatic rings. The molecule has 0 spiro atoms. The summed E-state index contributed by atoms with van der Waals surface area (Å²) in [5, 5.41) is 0. The van der Waals surface area contributed by atoms with Gasteiger partial charge in [-0.05, 0) is 104 Å². The standard InChI is InChI=1S/C26H36.H2/c1-17(2)22-10-11-23-21-9-8-20-16-19(18-6-5-7-18)12-14-25(20,3)24(21)13-15-26(22,23)4;/h5-8,19,21-24H,1,9-16H2,2-4H3;1H/t19-,21?,22+,23?,24?,25-,26+;/m0./s1. The number of hydrogen-bond donors (Lipinski definition) is 0. The van der Waals surface area contributed by atoms with Gasteiger partial charge < -0.3 is 0 Å². The van der Waals surface area contributed by atoms with Gasteiger partial charge in [-0.15, -0.1) is 0 Å². The Hall–Kier alpha value is -1.04. The normalized spacial score (nSPS) is 49.3. The van der Waals surface area contributed by atoms with Gasteiger partial charge in [0.25, 0.3) is 0 Å². The van der Waals surface area contributed by atoms with Gasteiger partial charge in [0.2, 0.25) is 0 Å². The average Bonchev–Trinajstić information content (AvgIpc) is 2.91. The van der Waals surface area contributed by atoms with Gasteiger partial charge in [-0.25, -0.2) is 0 Å². The predicted octanol–water partition coefficient (Wildman–Crippen LogP) is 7.50. The van der Waals surface area contributed by atoms with Crippen molar-refractivity contribution in [1.29, 1.82) is 0 Å². The van der Waals surface area contributed by atoms with Crippen molar-refractivity contribution in [2.24, 2.45) is 40.4 Å². The van der Waals surface area contributed by atoms with E-state index in [1.807, 2.05) is 5.57 Å². The summed E-state index contributed by atoms with van der Waals surface area (Å²) in [6, 6.07) is 0. The molecule has 5 rings (SSSR count). The van der Waals surface area contributed by atoms with Crippen LogP contribution in [-0.2, 0) is 0 Å². The first-order valence-corrected chi connectivity index (χ1v) is 11.2. The van der Waals surface area contributed by atoms with Crippen molar-refractivity contribution >= 4 is 0 Å². The predicted molar refractivity (Wildman–Crippen MR) is 113 cm³/mol. The summed E-state index contributed by atoms with van der Waals surface area (Å²) in [4.78, 5) is 0. The summed E-state index contributed by atoms with van der Waals surface area (Å²) in [5.74, 6) is 4.40. The van der Waals surface area contributed by atoms with Crippen LogP contribution in [0.5, 0.6) is 0 Å². The van der Waals surface area contributed by atoms with E-state index < -0.39 is 0 Å². The van der Waals surface area contributed by atoms with Crippen LogP contribution in [0.4, 0.5) is 0 Å². The summed E-state index contributed by atoms with van der Waals surface area (Å²) < 4.78 is 0. The Kier molecular flexibility index (Phi) is 3.76. The SMILES string of the molecule is C=C(C)[C@H]1CCC2C3CC=C4C[C@@H](C5=CC=C5)CC[C@]4(C)C3CC[C@@]21C.[HH]. The highest BCUT2D eigenvalue weighted by atomic mass is 14.6. The fraction of sp³-hybridized carbons (Fsp3) is 0.692. The molecule has 0 aromatic rings. The molecule has 3 unspecified atom stereocenters. The van der Waals surface area contributed by atoms with Gasteiger partial charge >= 0.3 is 0 Å². The Morgan fingerprint density at radius 2 is 1.92 bits per heavy atom. The summed E-state index contributed by atoms with van der Waals surface area (Å²) in [6.45, 7) is 11.9. The smallest absolute Gasteiger partial charge is 0 e. The van der Waals surface area contributed by atoms with E-state index in [0.29, 0.717) is 10.8 Å². The Balaban J connectivity index is 0.00000180.